The summed E-state index contributed by atoms with van der Waals surface area (Å²) in [5.74, 6) is -0.495. The van der Waals surface area contributed by atoms with E-state index in [2.05, 4.69) is 5.32 Å². The standard InChI is InChI=1S/C13H14F3NO/c1-2-3-4-8-17-12(18)10-6-5-7-11(9-10)13(14,15)16/h2-3,5-7,9H,4,8H2,1H3,(H,17,18)/b3-2+. The van der Waals surface area contributed by atoms with Crippen molar-refractivity contribution >= 4 is 5.91 Å². The number of nitrogens with one attached hydrogen (secondary N) is 1. The first-order valence-corrected chi connectivity index (χ1v) is 5.51. The quantitative estimate of drug-likeness (QED) is 0.650. The molecule has 0 radical (unpaired) electrons. The molecule has 0 saturated carbocycles. The Kier molecular flexibility index (Phi) is 4.95. The summed E-state index contributed by atoms with van der Waals surface area (Å²) in [6, 6.07) is 4.38. The lowest BCUT2D eigenvalue weighted by Crippen LogP contribution is -2.24. The lowest BCUT2D eigenvalue weighted by atomic mass is 10.1. The van der Waals surface area contributed by atoms with Crippen molar-refractivity contribution in [2.45, 2.75) is 19.5 Å². The molecule has 1 rings (SSSR count). The van der Waals surface area contributed by atoms with E-state index in [1.165, 1.54) is 12.1 Å². The van der Waals surface area contributed by atoms with Gasteiger partial charge in [0, 0.05) is 12.1 Å². The van der Waals surface area contributed by atoms with Crippen LogP contribution < -0.4 is 5.32 Å². The summed E-state index contributed by atoms with van der Waals surface area (Å²) in [7, 11) is 0. The van der Waals surface area contributed by atoms with Crippen molar-refractivity contribution in [3.8, 4) is 0 Å². The predicted octanol–water partition coefficient (Wildman–Crippen LogP) is 3.40. The third-order valence-electron chi connectivity index (χ3n) is 2.28. The van der Waals surface area contributed by atoms with Crippen molar-refractivity contribution in [1.82, 2.24) is 5.32 Å². The Labute approximate surface area is 104 Å². The third-order valence-corrected chi connectivity index (χ3v) is 2.28. The molecule has 98 valence electrons. The monoisotopic (exact) mass is 257 g/mol. The zero-order valence-electron chi connectivity index (χ0n) is 9.92. The molecule has 0 aliphatic carbocycles. The molecule has 1 N–H and O–H groups in total. The minimum atomic E-state index is -4.43. The van der Waals surface area contributed by atoms with E-state index in [0.717, 1.165) is 12.1 Å². The molecular weight excluding hydrogens is 243 g/mol. The van der Waals surface area contributed by atoms with Crippen LogP contribution in [0.1, 0.15) is 29.3 Å². The van der Waals surface area contributed by atoms with E-state index in [1.807, 2.05) is 19.1 Å². The van der Waals surface area contributed by atoms with Crippen molar-refractivity contribution in [3.05, 3.63) is 47.5 Å². The fourth-order valence-electron chi connectivity index (χ4n) is 1.37. The minimum Gasteiger partial charge on any atom is -0.352 e. The van der Waals surface area contributed by atoms with Gasteiger partial charge in [-0.05, 0) is 31.5 Å². The Bertz CT molecular complexity index is 438. The van der Waals surface area contributed by atoms with E-state index < -0.39 is 17.6 Å². The molecule has 0 aliphatic heterocycles. The van der Waals surface area contributed by atoms with Crippen LogP contribution in [-0.4, -0.2) is 12.5 Å². The fourth-order valence-corrected chi connectivity index (χ4v) is 1.37. The van der Waals surface area contributed by atoms with Crippen molar-refractivity contribution in [3.63, 3.8) is 0 Å². The van der Waals surface area contributed by atoms with Gasteiger partial charge in [0.05, 0.1) is 5.56 Å². The highest BCUT2D eigenvalue weighted by Gasteiger charge is 2.30. The van der Waals surface area contributed by atoms with Gasteiger partial charge < -0.3 is 5.32 Å². The van der Waals surface area contributed by atoms with Gasteiger partial charge in [-0.15, -0.1) is 0 Å². The second kappa shape index (κ2) is 6.23. The van der Waals surface area contributed by atoms with Gasteiger partial charge in [0.2, 0.25) is 0 Å². The summed E-state index contributed by atoms with van der Waals surface area (Å²) in [4.78, 5) is 11.6. The highest BCUT2D eigenvalue weighted by atomic mass is 19.4. The van der Waals surface area contributed by atoms with Crippen LogP contribution in [0, 0.1) is 0 Å². The zero-order chi connectivity index (χ0) is 13.6. The molecule has 5 heteroatoms. The summed E-state index contributed by atoms with van der Waals surface area (Å²) >= 11 is 0. The first-order chi connectivity index (χ1) is 8.45. The Balaban J connectivity index is 2.69. The van der Waals surface area contributed by atoms with E-state index in [4.69, 9.17) is 0 Å². The van der Waals surface area contributed by atoms with Gasteiger partial charge in [-0.25, -0.2) is 0 Å². The Hall–Kier alpha value is -1.78. The van der Waals surface area contributed by atoms with Crippen molar-refractivity contribution in [1.29, 1.82) is 0 Å². The number of carbonyl (C=O) groups is 1. The average Bonchev–Trinajstić information content (AvgIpc) is 2.33. The SMILES string of the molecule is C/C=C/CCNC(=O)c1cccc(C(F)(F)F)c1. The van der Waals surface area contributed by atoms with Crippen LogP contribution in [0.25, 0.3) is 0 Å². The number of allylic oxidation sites excluding steroid dienone is 1. The minimum absolute atomic E-state index is 0.0188. The third kappa shape index (κ3) is 4.24. The molecule has 0 fully saturated rings. The normalized spacial score (nSPS) is 11.8. The van der Waals surface area contributed by atoms with Crippen molar-refractivity contribution in [2.24, 2.45) is 0 Å². The maximum absolute atomic E-state index is 12.4. The van der Waals surface area contributed by atoms with Crippen LogP contribution in [0.5, 0.6) is 0 Å². The summed E-state index contributed by atoms with van der Waals surface area (Å²) in [5, 5.41) is 2.55. The molecule has 0 atom stereocenters. The molecule has 0 aromatic heterocycles. The lowest BCUT2D eigenvalue weighted by Gasteiger charge is -2.08. The molecule has 2 nitrogen and oxygen atoms in total. The van der Waals surface area contributed by atoms with Gasteiger partial charge in [0.1, 0.15) is 0 Å². The van der Waals surface area contributed by atoms with Gasteiger partial charge in [0.25, 0.3) is 5.91 Å². The summed E-state index contributed by atoms with van der Waals surface area (Å²) < 4.78 is 37.3. The summed E-state index contributed by atoms with van der Waals surface area (Å²) in [6.07, 6.45) is -0.0642. The van der Waals surface area contributed by atoms with Crippen molar-refractivity contribution < 1.29 is 18.0 Å². The number of halogens is 3. The van der Waals surface area contributed by atoms with Crippen LogP contribution in [0.2, 0.25) is 0 Å². The maximum Gasteiger partial charge on any atom is 0.416 e. The lowest BCUT2D eigenvalue weighted by molar-refractivity contribution is -0.137. The molecular formula is C13H14F3NO. The fraction of sp³-hybridized carbons (Fsp3) is 0.308. The van der Waals surface area contributed by atoms with Crippen LogP contribution in [0.3, 0.4) is 0 Å². The van der Waals surface area contributed by atoms with Crippen LogP contribution >= 0.6 is 0 Å². The molecule has 0 bridgehead atoms. The molecule has 18 heavy (non-hydrogen) atoms. The Morgan fingerprint density at radius 3 is 2.72 bits per heavy atom. The topological polar surface area (TPSA) is 29.1 Å². The molecule has 0 heterocycles. The molecule has 0 saturated heterocycles. The number of amides is 1. The maximum atomic E-state index is 12.4. The van der Waals surface area contributed by atoms with E-state index >= 15 is 0 Å². The number of hydrogen-bond acceptors (Lipinski definition) is 1. The number of benzene rings is 1. The number of hydrogen-bond donors (Lipinski definition) is 1. The highest BCUT2D eigenvalue weighted by molar-refractivity contribution is 5.94. The van der Waals surface area contributed by atoms with E-state index in [-0.39, 0.29) is 5.56 Å². The smallest absolute Gasteiger partial charge is 0.352 e. The predicted molar refractivity (Wildman–Crippen MR) is 63.2 cm³/mol. The van der Waals surface area contributed by atoms with E-state index in [1.54, 1.807) is 0 Å². The molecule has 0 aliphatic rings. The summed E-state index contributed by atoms with van der Waals surface area (Å²) in [5.41, 5.74) is -0.797. The van der Waals surface area contributed by atoms with Gasteiger partial charge in [-0.3, -0.25) is 4.79 Å². The molecule has 1 amide bonds. The van der Waals surface area contributed by atoms with Gasteiger partial charge in [0.15, 0.2) is 0 Å². The molecule has 1 aromatic carbocycles. The second-order valence-electron chi connectivity index (χ2n) is 3.69. The van der Waals surface area contributed by atoms with Gasteiger partial charge >= 0.3 is 6.18 Å². The first kappa shape index (κ1) is 14.3. The largest absolute Gasteiger partial charge is 0.416 e. The second-order valence-corrected chi connectivity index (χ2v) is 3.69. The van der Waals surface area contributed by atoms with Gasteiger partial charge in [-0.2, -0.15) is 13.2 Å². The summed E-state index contributed by atoms with van der Waals surface area (Å²) in [6.45, 7) is 2.26. The Morgan fingerprint density at radius 1 is 1.39 bits per heavy atom. The Morgan fingerprint density at radius 2 is 2.11 bits per heavy atom. The zero-order valence-corrected chi connectivity index (χ0v) is 9.92. The highest BCUT2D eigenvalue weighted by Crippen LogP contribution is 2.29. The van der Waals surface area contributed by atoms with Crippen LogP contribution in [0.4, 0.5) is 13.2 Å². The molecule has 1 aromatic rings. The first-order valence-electron chi connectivity index (χ1n) is 5.51. The van der Waals surface area contributed by atoms with Crippen LogP contribution in [0.15, 0.2) is 36.4 Å². The number of alkyl halides is 3. The average molecular weight is 257 g/mol. The van der Waals surface area contributed by atoms with E-state index in [9.17, 15) is 18.0 Å². The van der Waals surface area contributed by atoms with Crippen molar-refractivity contribution in [2.75, 3.05) is 6.54 Å². The molecule has 0 unspecified atom stereocenters. The van der Waals surface area contributed by atoms with Gasteiger partial charge in [-0.1, -0.05) is 18.2 Å². The molecule has 0 spiro atoms. The van der Waals surface area contributed by atoms with Crippen LogP contribution in [-0.2, 0) is 6.18 Å². The number of rotatable bonds is 4. The van der Waals surface area contributed by atoms with E-state index in [0.29, 0.717) is 13.0 Å². The number of carbonyl (C=O) groups excluding carboxylic acids is 1.